The normalized spacial score (nSPS) is 17.6. The minimum absolute atomic E-state index is 0.107. The highest BCUT2D eigenvalue weighted by Crippen LogP contribution is 2.23. The predicted octanol–water partition coefficient (Wildman–Crippen LogP) is 1.40. The summed E-state index contributed by atoms with van der Waals surface area (Å²) in [4.78, 5) is 26.8. The number of hydrogen-bond acceptors (Lipinski definition) is 5. The Morgan fingerprint density at radius 2 is 2.00 bits per heavy atom. The second-order valence-corrected chi connectivity index (χ2v) is 8.89. The van der Waals surface area contributed by atoms with E-state index in [0.29, 0.717) is 6.54 Å². The molecule has 0 saturated carbocycles. The van der Waals surface area contributed by atoms with Gasteiger partial charge in [0.15, 0.2) is 0 Å². The van der Waals surface area contributed by atoms with E-state index in [1.165, 1.54) is 0 Å². The lowest BCUT2D eigenvalue weighted by Gasteiger charge is -2.26. The Morgan fingerprint density at radius 3 is 2.58 bits per heavy atom. The molecule has 8 nitrogen and oxygen atoms in total. The first-order chi connectivity index (χ1) is 14.6. The molecule has 166 valence electrons. The largest absolute Gasteiger partial charge is 0.475 e. The summed E-state index contributed by atoms with van der Waals surface area (Å²) >= 11 is 0. The fourth-order valence-corrected chi connectivity index (χ4v) is 3.57. The van der Waals surface area contributed by atoms with Gasteiger partial charge >= 0.3 is 13.1 Å². The summed E-state index contributed by atoms with van der Waals surface area (Å²) in [5.41, 5.74) is 0.672. The van der Waals surface area contributed by atoms with Crippen LogP contribution in [-0.2, 0) is 11.2 Å². The first kappa shape index (κ1) is 24.4. The van der Waals surface area contributed by atoms with Crippen LogP contribution in [0.5, 0.6) is 0 Å². The number of nitriles is 1. The number of urea groups is 1. The van der Waals surface area contributed by atoms with Gasteiger partial charge in [-0.25, -0.2) is 4.79 Å². The Kier molecular flexibility index (Phi) is 8.66. The van der Waals surface area contributed by atoms with Gasteiger partial charge in [0.2, 0.25) is 0 Å². The van der Waals surface area contributed by atoms with Gasteiger partial charge in [-0.15, -0.1) is 0 Å². The van der Waals surface area contributed by atoms with E-state index in [2.05, 4.69) is 10.6 Å². The van der Waals surface area contributed by atoms with Gasteiger partial charge in [-0.05, 0) is 30.2 Å². The monoisotopic (exact) mass is 426 g/mol. The molecule has 0 aliphatic carbocycles. The summed E-state index contributed by atoms with van der Waals surface area (Å²) in [5.74, 6) is -1.20. The number of allylic oxidation sites excluding steroid dienone is 1. The molecule has 1 aromatic carbocycles. The van der Waals surface area contributed by atoms with E-state index in [9.17, 15) is 24.9 Å². The van der Waals surface area contributed by atoms with Crippen molar-refractivity contribution in [3.63, 3.8) is 0 Å². The molecule has 9 heteroatoms. The highest BCUT2D eigenvalue weighted by Gasteiger charge is 2.32. The van der Waals surface area contributed by atoms with E-state index >= 15 is 0 Å². The highest BCUT2D eigenvalue weighted by atomic mass is 16.4. The molecule has 1 saturated heterocycles. The SMILES string of the molecule is CC(C)(C)C=C(C#N)C(=O)N1CCC[C@H]1CNC(=O)NC(Cc1ccccc1)B(O)O. The number of amides is 3. The fraction of sp³-hybridized carbons (Fsp3) is 0.500. The molecular weight excluding hydrogens is 395 g/mol. The molecule has 0 aromatic heterocycles. The van der Waals surface area contributed by atoms with Crippen LogP contribution in [0.3, 0.4) is 0 Å². The minimum atomic E-state index is -1.71. The quantitative estimate of drug-likeness (QED) is 0.298. The van der Waals surface area contributed by atoms with E-state index in [-0.39, 0.29) is 35.9 Å². The Labute approximate surface area is 184 Å². The van der Waals surface area contributed by atoms with Crippen LogP contribution in [0.2, 0.25) is 0 Å². The van der Waals surface area contributed by atoms with Crippen LogP contribution in [0.1, 0.15) is 39.2 Å². The first-order valence-electron chi connectivity index (χ1n) is 10.5. The molecule has 1 aliphatic heterocycles. The number of carbonyl (C=O) groups is 2. The molecule has 0 bridgehead atoms. The van der Waals surface area contributed by atoms with Gasteiger partial charge < -0.3 is 25.6 Å². The van der Waals surface area contributed by atoms with Gasteiger partial charge in [0.05, 0.1) is 5.94 Å². The average molecular weight is 426 g/mol. The minimum Gasteiger partial charge on any atom is -0.426 e. The molecule has 2 atom stereocenters. The van der Waals surface area contributed by atoms with Crippen molar-refractivity contribution in [2.24, 2.45) is 5.41 Å². The lowest BCUT2D eigenvalue weighted by molar-refractivity contribution is -0.127. The van der Waals surface area contributed by atoms with Crippen LogP contribution in [-0.4, -0.2) is 59.1 Å². The van der Waals surface area contributed by atoms with Gasteiger partial charge in [-0.3, -0.25) is 4.79 Å². The van der Waals surface area contributed by atoms with Crippen LogP contribution in [0, 0.1) is 16.7 Å². The summed E-state index contributed by atoms with van der Waals surface area (Å²) in [5, 5.41) is 33.9. The summed E-state index contributed by atoms with van der Waals surface area (Å²) in [6.07, 6.45) is 3.45. The van der Waals surface area contributed by atoms with Gasteiger partial charge in [0.25, 0.3) is 5.91 Å². The Bertz CT molecular complexity index is 830. The van der Waals surface area contributed by atoms with Crippen molar-refractivity contribution in [2.75, 3.05) is 13.1 Å². The van der Waals surface area contributed by atoms with Crippen molar-refractivity contribution < 1.29 is 19.6 Å². The van der Waals surface area contributed by atoms with Crippen molar-refractivity contribution in [3.05, 3.63) is 47.5 Å². The lowest BCUT2D eigenvalue weighted by atomic mass is 9.76. The average Bonchev–Trinajstić information content (AvgIpc) is 3.18. The van der Waals surface area contributed by atoms with Crippen LogP contribution in [0.25, 0.3) is 0 Å². The zero-order chi connectivity index (χ0) is 23.0. The van der Waals surface area contributed by atoms with E-state index in [1.54, 1.807) is 11.0 Å². The molecule has 0 radical (unpaired) electrons. The second-order valence-electron chi connectivity index (χ2n) is 8.89. The number of likely N-dealkylation sites (tertiary alicyclic amines) is 1. The molecule has 1 unspecified atom stereocenters. The number of benzene rings is 1. The van der Waals surface area contributed by atoms with E-state index < -0.39 is 19.1 Å². The maximum absolute atomic E-state index is 12.8. The first-order valence-corrected chi connectivity index (χ1v) is 10.5. The fourth-order valence-electron chi connectivity index (χ4n) is 3.57. The van der Waals surface area contributed by atoms with Gasteiger partial charge in [0.1, 0.15) is 11.6 Å². The number of carbonyl (C=O) groups excluding carboxylic acids is 2. The van der Waals surface area contributed by atoms with Gasteiger partial charge in [0, 0.05) is 19.1 Å². The maximum atomic E-state index is 12.8. The van der Waals surface area contributed by atoms with Crippen LogP contribution in [0.15, 0.2) is 42.0 Å². The Balaban J connectivity index is 1.94. The lowest BCUT2D eigenvalue weighted by Crippen LogP contribution is -2.53. The van der Waals surface area contributed by atoms with Crippen molar-refractivity contribution in [2.45, 2.75) is 52.0 Å². The van der Waals surface area contributed by atoms with Gasteiger partial charge in [-0.2, -0.15) is 5.26 Å². The molecule has 1 fully saturated rings. The van der Waals surface area contributed by atoms with Crippen molar-refractivity contribution in [3.8, 4) is 6.07 Å². The molecular formula is C22H31BN4O4. The second kappa shape index (κ2) is 11.0. The molecule has 4 N–H and O–H groups in total. The third kappa shape index (κ3) is 7.74. The molecule has 3 amide bonds. The molecule has 31 heavy (non-hydrogen) atoms. The van der Waals surface area contributed by atoms with E-state index in [0.717, 1.165) is 18.4 Å². The van der Waals surface area contributed by atoms with Crippen LogP contribution < -0.4 is 10.6 Å². The zero-order valence-corrected chi connectivity index (χ0v) is 18.3. The van der Waals surface area contributed by atoms with Gasteiger partial charge in [-0.1, -0.05) is 57.2 Å². The smallest absolute Gasteiger partial charge is 0.426 e. The Morgan fingerprint density at radius 1 is 1.32 bits per heavy atom. The van der Waals surface area contributed by atoms with E-state index in [1.807, 2.05) is 57.2 Å². The molecule has 1 heterocycles. The number of nitrogens with one attached hydrogen (secondary N) is 2. The van der Waals surface area contributed by atoms with Crippen molar-refractivity contribution >= 4 is 19.1 Å². The number of hydrogen-bond donors (Lipinski definition) is 4. The van der Waals surface area contributed by atoms with Crippen molar-refractivity contribution in [1.82, 2.24) is 15.5 Å². The standard InChI is InChI=1S/C22H31BN4O4/c1-22(2,3)13-17(14-24)20(28)27-11-7-10-18(27)15-25-21(29)26-19(23(30)31)12-16-8-5-4-6-9-16/h4-6,8-9,13,18-19,30-31H,7,10-12,15H2,1-3H3,(H2,25,26,29)/t18-,19?/m0/s1. The van der Waals surface area contributed by atoms with Crippen LogP contribution in [0.4, 0.5) is 4.79 Å². The van der Waals surface area contributed by atoms with Crippen molar-refractivity contribution in [1.29, 1.82) is 5.26 Å². The third-order valence-corrected chi connectivity index (χ3v) is 5.04. The summed E-state index contributed by atoms with van der Waals surface area (Å²) < 4.78 is 0. The third-order valence-electron chi connectivity index (χ3n) is 5.04. The topological polar surface area (TPSA) is 126 Å². The Hall–Kier alpha value is -2.83. The molecule has 1 aliphatic rings. The van der Waals surface area contributed by atoms with E-state index in [4.69, 9.17) is 0 Å². The maximum Gasteiger partial charge on any atom is 0.475 e. The molecule has 2 rings (SSSR count). The highest BCUT2D eigenvalue weighted by molar-refractivity contribution is 6.43. The zero-order valence-electron chi connectivity index (χ0n) is 18.3. The molecule has 1 aromatic rings. The van der Waals surface area contributed by atoms with Crippen LogP contribution >= 0.6 is 0 Å². The number of rotatable bonds is 7. The summed E-state index contributed by atoms with van der Waals surface area (Å²) in [6, 6.07) is 10.5. The predicted molar refractivity (Wildman–Crippen MR) is 119 cm³/mol. The summed E-state index contributed by atoms with van der Waals surface area (Å²) in [7, 11) is -1.71. The number of nitrogens with zero attached hydrogens (tertiary/aromatic N) is 2. The summed E-state index contributed by atoms with van der Waals surface area (Å²) in [6.45, 7) is 6.51. The molecule has 0 spiro atoms.